The second-order valence-corrected chi connectivity index (χ2v) is 11.6. The quantitative estimate of drug-likeness (QED) is 0.394. The number of hydrogen-bond acceptors (Lipinski definition) is 6. The summed E-state index contributed by atoms with van der Waals surface area (Å²) in [6.07, 6.45) is 0.455. The van der Waals surface area contributed by atoms with Crippen LogP contribution < -0.4 is 10.1 Å². The van der Waals surface area contributed by atoms with Gasteiger partial charge in [-0.3, -0.25) is 4.79 Å². The van der Waals surface area contributed by atoms with Gasteiger partial charge in [-0.1, -0.05) is 17.7 Å². The van der Waals surface area contributed by atoms with Crippen LogP contribution in [0.5, 0.6) is 5.75 Å². The van der Waals surface area contributed by atoms with Gasteiger partial charge in [0.15, 0.2) is 15.5 Å². The van der Waals surface area contributed by atoms with E-state index in [1.807, 2.05) is 37.3 Å². The Bertz CT molecular complexity index is 1600. The molecule has 2 aromatic carbocycles. The second kappa shape index (κ2) is 9.22. The van der Waals surface area contributed by atoms with Crippen molar-refractivity contribution in [3.63, 3.8) is 0 Å². The molecule has 0 radical (unpaired) electrons. The minimum Gasteiger partial charge on any atom is -0.497 e. The number of methoxy groups -OCH3 is 1. The summed E-state index contributed by atoms with van der Waals surface area (Å²) in [5, 5.41) is 8.72. The van der Waals surface area contributed by atoms with E-state index >= 15 is 0 Å². The Morgan fingerprint density at radius 2 is 1.89 bits per heavy atom. The van der Waals surface area contributed by atoms with Gasteiger partial charge in [0, 0.05) is 16.3 Å². The highest BCUT2D eigenvalue weighted by atomic mass is 35.5. The Morgan fingerprint density at radius 1 is 1.14 bits per heavy atom. The van der Waals surface area contributed by atoms with E-state index < -0.39 is 9.84 Å². The number of amides is 1. The molecule has 2 aromatic heterocycles. The molecule has 1 aliphatic rings. The minimum absolute atomic E-state index is 0.00105. The van der Waals surface area contributed by atoms with Crippen LogP contribution in [0.4, 0.5) is 5.69 Å². The monoisotopic (exact) mass is 524 g/mol. The highest BCUT2D eigenvalue weighted by Gasteiger charge is 2.32. The molecule has 0 aliphatic carbocycles. The van der Waals surface area contributed by atoms with Crippen molar-refractivity contribution in [2.24, 2.45) is 0 Å². The van der Waals surface area contributed by atoms with Crippen molar-refractivity contribution in [3.05, 3.63) is 70.4 Å². The number of fused-ring (bicyclic) bond motifs is 1. The SMILES string of the molecule is COc1ccc(-c2cc(C(=O)Nc3ccc(C)c(Cl)c3)c3c(C)nn(C4CCS(=O)(=O)C4)c3n2)cc1. The van der Waals surface area contributed by atoms with Gasteiger partial charge in [0.2, 0.25) is 0 Å². The summed E-state index contributed by atoms with van der Waals surface area (Å²) < 4.78 is 31.3. The van der Waals surface area contributed by atoms with Gasteiger partial charge in [-0.15, -0.1) is 0 Å². The van der Waals surface area contributed by atoms with Crippen LogP contribution in [0.2, 0.25) is 5.02 Å². The number of hydrogen-bond donors (Lipinski definition) is 1. The standard InChI is InChI=1S/C26H25ClN4O4S/c1-15-4-7-18(12-22(15)27)28-26(32)21-13-23(17-5-8-20(35-3)9-6-17)29-25-24(21)16(2)30-31(25)19-10-11-36(33,34)14-19/h4-9,12-13,19H,10-11,14H2,1-3H3,(H,28,32). The van der Waals surface area contributed by atoms with Gasteiger partial charge in [-0.05, 0) is 68.3 Å². The molecular weight excluding hydrogens is 500 g/mol. The molecule has 1 unspecified atom stereocenters. The van der Waals surface area contributed by atoms with Gasteiger partial charge in [0.05, 0.1) is 47.0 Å². The summed E-state index contributed by atoms with van der Waals surface area (Å²) in [6.45, 7) is 3.69. The molecule has 0 bridgehead atoms. The molecule has 4 aromatic rings. The van der Waals surface area contributed by atoms with Gasteiger partial charge >= 0.3 is 0 Å². The number of rotatable bonds is 5. The van der Waals surface area contributed by atoms with E-state index in [-0.39, 0.29) is 23.5 Å². The Morgan fingerprint density at radius 3 is 2.53 bits per heavy atom. The molecular formula is C26H25ClN4O4S. The highest BCUT2D eigenvalue weighted by molar-refractivity contribution is 7.91. The van der Waals surface area contributed by atoms with Gasteiger partial charge in [-0.25, -0.2) is 18.1 Å². The predicted molar refractivity (Wildman–Crippen MR) is 141 cm³/mol. The van der Waals surface area contributed by atoms with E-state index in [0.717, 1.165) is 11.1 Å². The number of pyridine rings is 1. The minimum atomic E-state index is -3.14. The van der Waals surface area contributed by atoms with Gasteiger partial charge < -0.3 is 10.1 Å². The average molecular weight is 525 g/mol. The summed E-state index contributed by atoms with van der Waals surface area (Å²) in [5.74, 6) is 0.476. The molecule has 1 aliphatic heterocycles. The van der Waals surface area contributed by atoms with Crippen molar-refractivity contribution in [1.82, 2.24) is 14.8 Å². The Labute approximate surface area is 214 Å². The predicted octanol–water partition coefficient (Wildman–Crippen LogP) is 4.99. The van der Waals surface area contributed by atoms with Gasteiger partial charge in [0.25, 0.3) is 5.91 Å². The smallest absolute Gasteiger partial charge is 0.256 e. The molecule has 36 heavy (non-hydrogen) atoms. The first-order chi connectivity index (χ1) is 17.1. The Hall–Kier alpha value is -3.43. The third kappa shape index (κ3) is 4.56. The number of sulfone groups is 1. The molecule has 5 rings (SSSR count). The van der Waals surface area contributed by atoms with E-state index in [1.54, 1.807) is 36.9 Å². The number of ether oxygens (including phenoxy) is 1. The maximum absolute atomic E-state index is 13.6. The lowest BCUT2D eigenvalue weighted by Crippen LogP contribution is -2.15. The van der Waals surface area contributed by atoms with Crippen molar-refractivity contribution in [2.75, 3.05) is 23.9 Å². The van der Waals surface area contributed by atoms with E-state index in [4.69, 9.17) is 21.3 Å². The molecule has 186 valence electrons. The Kier molecular flexibility index (Phi) is 6.22. The number of carbonyl (C=O) groups excluding carboxylic acids is 1. The first-order valence-electron chi connectivity index (χ1n) is 11.5. The van der Waals surface area contributed by atoms with E-state index in [9.17, 15) is 13.2 Å². The normalized spacial score (nSPS) is 16.8. The van der Waals surface area contributed by atoms with E-state index in [2.05, 4.69) is 10.4 Å². The molecule has 0 spiro atoms. The summed E-state index contributed by atoms with van der Waals surface area (Å²) >= 11 is 6.26. The lowest BCUT2D eigenvalue weighted by molar-refractivity contribution is 0.102. The summed E-state index contributed by atoms with van der Waals surface area (Å²) in [5.41, 5.74) is 4.32. The molecule has 8 nitrogen and oxygen atoms in total. The fourth-order valence-corrected chi connectivity index (χ4v) is 6.37. The lowest BCUT2D eigenvalue weighted by atomic mass is 10.0. The Balaban J connectivity index is 1.66. The molecule has 1 fully saturated rings. The number of halogens is 1. The molecule has 1 saturated heterocycles. The molecule has 1 amide bonds. The number of benzene rings is 2. The molecule has 0 saturated carbocycles. The van der Waals surface area contributed by atoms with Crippen LogP contribution in [-0.2, 0) is 9.84 Å². The first kappa shape index (κ1) is 24.3. The van der Waals surface area contributed by atoms with Crippen molar-refractivity contribution < 1.29 is 17.9 Å². The van der Waals surface area contributed by atoms with E-state index in [0.29, 0.717) is 50.9 Å². The lowest BCUT2D eigenvalue weighted by Gasteiger charge is -2.13. The topological polar surface area (TPSA) is 103 Å². The molecule has 3 heterocycles. The van der Waals surface area contributed by atoms with Crippen molar-refractivity contribution >= 4 is 44.1 Å². The van der Waals surface area contributed by atoms with Gasteiger partial charge in [-0.2, -0.15) is 5.10 Å². The van der Waals surface area contributed by atoms with Gasteiger partial charge in [0.1, 0.15) is 5.75 Å². The number of nitrogens with zero attached hydrogens (tertiary/aromatic N) is 3. The van der Waals surface area contributed by atoms with Crippen LogP contribution in [0, 0.1) is 13.8 Å². The summed E-state index contributed by atoms with van der Waals surface area (Å²) in [4.78, 5) is 18.4. The van der Waals surface area contributed by atoms with Crippen LogP contribution in [-0.4, -0.2) is 47.7 Å². The van der Waals surface area contributed by atoms with Crippen LogP contribution in [0.1, 0.15) is 34.1 Å². The fourth-order valence-electron chi connectivity index (χ4n) is 4.49. The average Bonchev–Trinajstić information content (AvgIpc) is 3.39. The molecule has 1 atom stereocenters. The first-order valence-corrected chi connectivity index (χ1v) is 13.7. The van der Waals surface area contributed by atoms with Crippen molar-refractivity contribution in [3.8, 4) is 17.0 Å². The largest absolute Gasteiger partial charge is 0.497 e. The van der Waals surface area contributed by atoms with E-state index in [1.165, 1.54) is 0 Å². The zero-order valence-electron chi connectivity index (χ0n) is 20.1. The summed E-state index contributed by atoms with van der Waals surface area (Å²) in [7, 11) is -1.55. The number of anilines is 1. The fraction of sp³-hybridized carbons (Fsp3) is 0.269. The molecule has 10 heteroatoms. The number of aromatic nitrogens is 3. The van der Waals surface area contributed by atoms with Crippen LogP contribution >= 0.6 is 11.6 Å². The van der Waals surface area contributed by atoms with Crippen molar-refractivity contribution in [1.29, 1.82) is 0 Å². The third-order valence-corrected chi connectivity index (χ3v) is 8.61. The molecule has 1 N–H and O–H groups in total. The van der Waals surface area contributed by atoms with Crippen LogP contribution in [0.3, 0.4) is 0 Å². The zero-order chi connectivity index (χ0) is 25.6. The maximum atomic E-state index is 13.6. The number of nitrogens with one attached hydrogen (secondary N) is 1. The third-order valence-electron chi connectivity index (χ3n) is 6.45. The van der Waals surface area contributed by atoms with Crippen molar-refractivity contribution in [2.45, 2.75) is 26.3 Å². The second-order valence-electron chi connectivity index (χ2n) is 8.99. The maximum Gasteiger partial charge on any atom is 0.256 e. The highest BCUT2D eigenvalue weighted by Crippen LogP contribution is 2.33. The summed E-state index contributed by atoms with van der Waals surface area (Å²) in [6, 6.07) is 14.1. The zero-order valence-corrected chi connectivity index (χ0v) is 21.7. The number of aryl methyl sites for hydroxylation is 2. The van der Waals surface area contributed by atoms with Crippen LogP contribution in [0.15, 0.2) is 48.5 Å². The van der Waals surface area contributed by atoms with Crippen LogP contribution in [0.25, 0.3) is 22.3 Å². The number of carbonyl (C=O) groups is 1.